The van der Waals surface area contributed by atoms with Gasteiger partial charge in [-0.3, -0.25) is 0 Å². The molecule has 0 unspecified atom stereocenters. The van der Waals surface area contributed by atoms with Crippen LogP contribution in [0.1, 0.15) is 0 Å². The number of nitrogen functional groups attached to an aromatic ring is 1. The van der Waals surface area contributed by atoms with Crippen LogP contribution >= 0.6 is 11.6 Å². The summed E-state index contributed by atoms with van der Waals surface area (Å²) in [5.74, 6) is 0.153. The van der Waals surface area contributed by atoms with Crippen LogP contribution < -0.4 is 10.5 Å². The van der Waals surface area contributed by atoms with Crippen LogP contribution in [0.3, 0.4) is 0 Å². The molecule has 0 bridgehead atoms. The van der Waals surface area contributed by atoms with Crippen molar-refractivity contribution in [2.24, 2.45) is 0 Å². The summed E-state index contributed by atoms with van der Waals surface area (Å²) >= 11 is 6.01. The SMILES string of the molecule is COc1ccc(-c2ccc(N)c(F)c2)cc1Cl. The van der Waals surface area contributed by atoms with Crippen LogP contribution in [0.15, 0.2) is 36.4 Å². The molecule has 0 atom stereocenters. The summed E-state index contributed by atoms with van der Waals surface area (Å²) in [6.07, 6.45) is 0. The Labute approximate surface area is 104 Å². The number of ether oxygens (including phenoxy) is 1. The first-order valence-corrected chi connectivity index (χ1v) is 5.38. The Morgan fingerprint density at radius 1 is 1.12 bits per heavy atom. The van der Waals surface area contributed by atoms with Crippen LogP contribution in [0.4, 0.5) is 10.1 Å². The fourth-order valence-corrected chi connectivity index (χ4v) is 1.81. The van der Waals surface area contributed by atoms with Crippen LogP contribution in [-0.2, 0) is 0 Å². The van der Waals surface area contributed by atoms with E-state index in [4.69, 9.17) is 22.1 Å². The normalized spacial score (nSPS) is 10.3. The quantitative estimate of drug-likeness (QED) is 0.826. The van der Waals surface area contributed by atoms with E-state index in [0.717, 1.165) is 11.1 Å². The van der Waals surface area contributed by atoms with Crippen LogP contribution in [0, 0.1) is 5.82 Å². The van der Waals surface area contributed by atoms with Crippen LogP contribution in [0.5, 0.6) is 5.75 Å². The molecule has 2 N–H and O–H groups in total. The van der Waals surface area contributed by atoms with Gasteiger partial charge in [0.2, 0.25) is 0 Å². The van der Waals surface area contributed by atoms with Crippen molar-refractivity contribution in [3.63, 3.8) is 0 Å². The van der Waals surface area contributed by atoms with E-state index in [1.165, 1.54) is 12.1 Å². The average molecular weight is 252 g/mol. The van der Waals surface area contributed by atoms with Gasteiger partial charge in [0, 0.05) is 0 Å². The van der Waals surface area contributed by atoms with Crippen LogP contribution in [0.25, 0.3) is 11.1 Å². The lowest BCUT2D eigenvalue weighted by Gasteiger charge is -2.07. The van der Waals surface area contributed by atoms with E-state index >= 15 is 0 Å². The highest BCUT2D eigenvalue weighted by molar-refractivity contribution is 6.32. The molecule has 0 amide bonds. The third-order valence-corrected chi connectivity index (χ3v) is 2.78. The third-order valence-electron chi connectivity index (χ3n) is 2.49. The first-order chi connectivity index (χ1) is 8.11. The molecule has 2 aromatic rings. The van der Waals surface area contributed by atoms with E-state index in [0.29, 0.717) is 10.8 Å². The summed E-state index contributed by atoms with van der Waals surface area (Å²) in [6.45, 7) is 0. The summed E-state index contributed by atoms with van der Waals surface area (Å²) in [5.41, 5.74) is 7.09. The monoisotopic (exact) mass is 251 g/mol. The molecule has 2 rings (SSSR count). The highest BCUT2D eigenvalue weighted by atomic mass is 35.5. The molecular weight excluding hydrogens is 241 g/mol. The first-order valence-electron chi connectivity index (χ1n) is 5.01. The molecule has 0 aliphatic rings. The second-order valence-electron chi connectivity index (χ2n) is 3.59. The molecule has 0 aliphatic carbocycles. The number of hydrogen-bond acceptors (Lipinski definition) is 2. The summed E-state index contributed by atoms with van der Waals surface area (Å²) in [4.78, 5) is 0. The zero-order chi connectivity index (χ0) is 12.4. The summed E-state index contributed by atoms with van der Waals surface area (Å²) < 4.78 is 18.4. The summed E-state index contributed by atoms with van der Waals surface area (Å²) in [7, 11) is 1.55. The molecule has 0 saturated carbocycles. The Morgan fingerprint density at radius 3 is 2.35 bits per heavy atom. The lowest BCUT2D eigenvalue weighted by atomic mass is 10.1. The predicted molar refractivity (Wildman–Crippen MR) is 67.8 cm³/mol. The minimum atomic E-state index is -0.436. The number of hydrogen-bond donors (Lipinski definition) is 1. The highest BCUT2D eigenvalue weighted by Gasteiger charge is 2.06. The molecule has 0 aliphatic heterocycles. The molecule has 0 heterocycles. The summed E-state index contributed by atoms with van der Waals surface area (Å²) in [5, 5.41) is 0.488. The molecule has 0 saturated heterocycles. The van der Waals surface area contributed by atoms with Gasteiger partial charge >= 0.3 is 0 Å². The first kappa shape index (κ1) is 11.7. The number of anilines is 1. The summed E-state index contributed by atoms with van der Waals surface area (Å²) in [6, 6.07) is 9.94. The molecule has 2 aromatic carbocycles. The Balaban J connectivity index is 2.46. The van der Waals surface area contributed by atoms with Crippen molar-refractivity contribution >= 4 is 17.3 Å². The molecule has 0 spiro atoms. The van der Waals surface area contributed by atoms with Crippen molar-refractivity contribution in [3.8, 4) is 16.9 Å². The minimum absolute atomic E-state index is 0.133. The van der Waals surface area contributed by atoms with E-state index in [-0.39, 0.29) is 5.69 Å². The van der Waals surface area contributed by atoms with Gasteiger partial charge in [-0.05, 0) is 35.4 Å². The van der Waals surface area contributed by atoms with Crippen molar-refractivity contribution < 1.29 is 9.13 Å². The number of methoxy groups -OCH3 is 1. The topological polar surface area (TPSA) is 35.2 Å². The van der Waals surface area contributed by atoms with E-state index in [1.807, 2.05) is 6.07 Å². The van der Waals surface area contributed by atoms with Gasteiger partial charge in [0.05, 0.1) is 17.8 Å². The van der Waals surface area contributed by atoms with Crippen molar-refractivity contribution in [2.45, 2.75) is 0 Å². The standard InChI is InChI=1S/C13H11ClFNO/c1-17-13-5-3-8(6-10(13)14)9-2-4-12(16)11(15)7-9/h2-7H,16H2,1H3. The Hall–Kier alpha value is -1.74. The Bertz CT molecular complexity index is 557. The molecular formula is C13H11ClFNO. The van der Waals surface area contributed by atoms with E-state index in [1.54, 1.807) is 25.3 Å². The smallest absolute Gasteiger partial charge is 0.146 e. The number of halogens is 2. The molecule has 17 heavy (non-hydrogen) atoms. The van der Waals surface area contributed by atoms with Gasteiger partial charge in [0.1, 0.15) is 11.6 Å². The van der Waals surface area contributed by atoms with Crippen molar-refractivity contribution in [1.82, 2.24) is 0 Å². The predicted octanol–water partition coefficient (Wildman–Crippen LogP) is 3.74. The maximum absolute atomic E-state index is 13.3. The van der Waals surface area contributed by atoms with Gasteiger partial charge in [-0.25, -0.2) is 4.39 Å². The minimum Gasteiger partial charge on any atom is -0.495 e. The number of nitrogens with two attached hydrogens (primary N) is 1. The van der Waals surface area contributed by atoms with Crippen molar-refractivity contribution in [1.29, 1.82) is 0 Å². The van der Waals surface area contributed by atoms with Gasteiger partial charge in [-0.15, -0.1) is 0 Å². The van der Waals surface area contributed by atoms with Gasteiger partial charge < -0.3 is 10.5 Å². The maximum atomic E-state index is 13.3. The fourth-order valence-electron chi connectivity index (χ4n) is 1.55. The average Bonchev–Trinajstić information content (AvgIpc) is 2.32. The highest BCUT2D eigenvalue weighted by Crippen LogP contribution is 2.31. The number of rotatable bonds is 2. The van der Waals surface area contributed by atoms with Gasteiger partial charge in [-0.2, -0.15) is 0 Å². The van der Waals surface area contributed by atoms with Crippen molar-refractivity contribution in [2.75, 3.05) is 12.8 Å². The molecule has 0 fully saturated rings. The Kier molecular flexibility index (Phi) is 3.20. The van der Waals surface area contributed by atoms with Crippen LogP contribution in [0.2, 0.25) is 5.02 Å². The van der Waals surface area contributed by atoms with Gasteiger partial charge in [0.15, 0.2) is 0 Å². The molecule has 88 valence electrons. The maximum Gasteiger partial charge on any atom is 0.146 e. The third kappa shape index (κ3) is 2.34. The van der Waals surface area contributed by atoms with E-state index in [9.17, 15) is 4.39 Å². The Morgan fingerprint density at radius 2 is 1.76 bits per heavy atom. The number of benzene rings is 2. The van der Waals surface area contributed by atoms with E-state index < -0.39 is 5.82 Å². The lowest BCUT2D eigenvalue weighted by Crippen LogP contribution is -1.91. The van der Waals surface area contributed by atoms with E-state index in [2.05, 4.69) is 0 Å². The second-order valence-corrected chi connectivity index (χ2v) is 3.99. The largest absolute Gasteiger partial charge is 0.495 e. The zero-order valence-electron chi connectivity index (χ0n) is 9.21. The van der Waals surface area contributed by atoms with Gasteiger partial charge in [0.25, 0.3) is 0 Å². The lowest BCUT2D eigenvalue weighted by molar-refractivity contribution is 0.415. The van der Waals surface area contributed by atoms with Gasteiger partial charge in [-0.1, -0.05) is 23.7 Å². The fraction of sp³-hybridized carbons (Fsp3) is 0.0769. The molecule has 2 nitrogen and oxygen atoms in total. The molecule has 4 heteroatoms. The van der Waals surface area contributed by atoms with Crippen LogP contribution in [-0.4, -0.2) is 7.11 Å². The second kappa shape index (κ2) is 4.63. The molecule has 0 radical (unpaired) electrons. The van der Waals surface area contributed by atoms with Crippen molar-refractivity contribution in [3.05, 3.63) is 47.2 Å². The molecule has 0 aromatic heterocycles. The zero-order valence-corrected chi connectivity index (χ0v) is 9.96.